The molecule has 0 aliphatic carbocycles. The van der Waals surface area contributed by atoms with Crippen molar-refractivity contribution < 1.29 is 9.47 Å². The summed E-state index contributed by atoms with van der Waals surface area (Å²) in [4.78, 5) is 2.31. The molecule has 0 saturated carbocycles. The van der Waals surface area contributed by atoms with Crippen LogP contribution in [-0.4, -0.2) is 58.1 Å². The maximum atomic E-state index is 5.18. The highest BCUT2D eigenvalue weighted by atomic mass is 16.7. The number of likely N-dealkylation sites (N-methyl/N-ethyl adjacent to an activating group) is 1. The first kappa shape index (κ1) is 11.9. The summed E-state index contributed by atoms with van der Waals surface area (Å²) >= 11 is 0. The number of nitrogens with zero attached hydrogens (tertiary/aromatic N) is 1. The smallest absolute Gasteiger partial charge is 0.169 e. The predicted octanol–water partition coefficient (Wildman–Crippen LogP) is 0.289. The van der Waals surface area contributed by atoms with Gasteiger partial charge in [-0.2, -0.15) is 0 Å². The molecule has 0 aromatic heterocycles. The van der Waals surface area contributed by atoms with Gasteiger partial charge < -0.3 is 14.8 Å². The van der Waals surface area contributed by atoms with Gasteiger partial charge in [-0.3, -0.25) is 4.90 Å². The number of hydrogen-bond acceptors (Lipinski definition) is 4. The molecule has 0 amide bonds. The first-order chi connectivity index (χ1) is 6.77. The van der Waals surface area contributed by atoms with Crippen LogP contribution in [0.4, 0.5) is 0 Å². The van der Waals surface area contributed by atoms with Gasteiger partial charge in [0.1, 0.15) is 0 Å². The van der Waals surface area contributed by atoms with Crippen LogP contribution in [0.3, 0.4) is 0 Å². The van der Waals surface area contributed by atoms with Crippen LogP contribution in [0.1, 0.15) is 12.8 Å². The molecule has 4 nitrogen and oxygen atoms in total. The lowest BCUT2D eigenvalue weighted by atomic mass is 10.1. The zero-order valence-electron chi connectivity index (χ0n) is 9.45. The predicted molar refractivity (Wildman–Crippen MR) is 56.3 cm³/mol. The maximum absolute atomic E-state index is 5.18. The molecule has 1 heterocycles. The van der Waals surface area contributed by atoms with E-state index < -0.39 is 0 Å². The molecular weight excluding hydrogens is 180 g/mol. The summed E-state index contributed by atoms with van der Waals surface area (Å²) in [5, 5.41) is 3.40. The summed E-state index contributed by atoms with van der Waals surface area (Å²) in [5.74, 6) is 0. The van der Waals surface area contributed by atoms with Gasteiger partial charge in [-0.25, -0.2) is 0 Å². The zero-order chi connectivity index (χ0) is 10.4. The van der Waals surface area contributed by atoms with Crippen LogP contribution in [0.2, 0.25) is 0 Å². The molecule has 1 aliphatic heterocycles. The van der Waals surface area contributed by atoms with E-state index >= 15 is 0 Å². The van der Waals surface area contributed by atoms with Crippen molar-refractivity contribution in [1.29, 1.82) is 0 Å². The quantitative estimate of drug-likeness (QED) is 0.650. The van der Waals surface area contributed by atoms with Crippen molar-refractivity contribution in [1.82, 2.24) is 10.2 Å². The van der Waals surface area contributed by atoms with Gasteiger partial charge in [0.05, 0.1) is 0 Å². The number of rotatable bonds is 5. The second kappa shape index (κ2) is 6.35. The van der Waals surface area contributed by atoms with Crippen LogP contribution < -0.4 is 5.32 Å². The average molecular weight is 202 g/mol. The number of hydrogen-bond donors (Lipinski definition) is 1. The van der Waals surface area contributed by atoms with E-state index in [4.69, 9.17) is 9.47 Å². The van der Waals surface area contributed by atoms with E-state index in [0.29, 0.717) is 6.04 Å². The summed E-state index contributed by atoms with van der Waals surface area (Å²) < 4.78 is 10.4. The minimum Gasteiger partial charge on any atom is -0.355 e. The van der Waals surface area contributed by atoms with E-state index in [-0.39, 0.29) is 6.29 Å². The number of methoxy groups -OCH3 is 2. The lowest BCUT2D eigenvalue weighted by Gasteiger charge is -2.33. The molecule has 1 saturated heterocycles. The highest BCUT2D eigenvalue weighted by Gasteiger charge is 2.20. The van der Waals surface area contributed by atoms with Crippen molar-refractivity contribution >= 4 is 0 Å². The molecule has 1 aliphatic rings. The molecule has 0 aromatic rings. The third kappa shape index (κ3) is 3.53. The Balaban J connectivity index is 2.27. The van der Waals surface area contributed by atoms with Crippen molar-refractivity contribution in [2.75, 3.05) is 40.9 Å². The van der Waals surface area contributed by atoms with E-state index in [1.807, 2.05) is 0 Å². The van der Waals surface area contributed by atoms with Crippen LogP contribution in [0.5, 0.6) is 0 Å². The van der Waals surface area contributed by atoms with Gasteiger partial charge in [-0.05, 0) is 26.4 Å². The Kier molecular flexibility index (Phi) is 5.40. The van der Waals surface area contributed by atoms with Gasteiger partial charge in [0.15, 0.2) is 6.29 Å². The van der Waals surface area contributed by atoms with Crippen molar-refractivity contribution in [3.63, 3.8) is 0 Å². The van der Waals surface area contributed by atoms with E-state index in [0.717, 1.165) is 19.6 Å². The fraction of sp³-hybridized carbons (Fsp3) is 1.00. The van der Waals surface area contributed by atoms with Gasteiger partial charge in [-0.1, -0.05) is 0 Å². The van der Waals surface area contributed by atoms with E-state index in [1.54, 1.807) is 14.2 Å². The molecule has 0 radical (unpaired) electrons. The van der Waals surface area contributed by atoms with E-state index in [2.05, 4.69) is 17.3 Å². The van der Waals surface area contributed by atoms with Crippen molar-refractivity contribution in [2.24, 2.45) is 0 Å². The Morgan fingerprint density at radius 2 is 2.14 bits per heavy atom. The monoisotopic (exact) mass is 202 g/mol. The van der Waals surface area contributed by atoms with Crippen LogP contribution in [0.25, 0.3) is 0 Å². The van der Waals surface area contributed by atoms with Crippen molar-refractivity contribution in [3.05, 3.63) is 0 Å². The molecular formula is C10H22N2O2. The first-order valence-electron chi connectivity index (χ1n) is 5.24. The molecule has 14 heavy (non-hydrogen) atoms. The van der Waals surface area contributed by atoms with Gasteiger partial charge in [0.2, 0.25) is 0 Å². The minimum absolute atomic E-state index is 0.109. The summed E-state index contributed by atoms with van der Waals surface area (Å²) in [5.41, 5.74) is 0. The molecule has 4 heteroatoms. The average Bonchev–Trinajstić information content (AvgIpc) is 2.26. The second-order valence-corrected chi connectivity index (χ2v) is 3.84. The molecule has 1 N–H and O–H groups in total. The molecule has 0 spiro atoms. The maximum Gasteiger partial charge on any atom is 0.169 e. The zero-order valence-corrected chi connectivity index (χ0v) is 9.45. The third-order valence-corrected chi connectivity index (χ3v) is 2.86. The topological polar surface area (TPSA) is 33.7 Å². The summed E-state index contributed by atoms with van der Waals surface area (Å²) in [7, 11) is 5.49. The van der Waals surface area contributed by atoms with Gasteiger partial charge in [0.25, 0.3) is 0 Å². The Bertz CT molecular complexity index is 145. The van der Waals surface area contributed by atoms with Gasteiger partial charge >= 0.3 is 0 Å². The summed E-state index contributed by atoms with van der Waals surface area (Å²) in [6.45, 7) is 3.07. The highest BCUT2D eigenvalue weighted by Crippen LogP contribution is 2.09. The van der Waals surface area contributed by atoms with Crippen LogP contribution in [0, 0.1) is 0 Å². The van der Waals surface area contributed by atoms with Gasteiger partial charge in [-0.15, -0.1) is 0 Å². The highest BCUT2D eigenvalue weighted by molar-refractivity contribution is 4.76. The summed E-state index contributed by atoms with van der Waals surface area (Å²) in [6.07, 6.45) is 2.42. The molecule has 1 fully saturated rings. The molecule has 1 rings (SSSR count). The normalized spacial score (nSPS) is 23.4. The number of piperidine rings is 1. The van der Waals surface area contributed by atoms with E-state index in [9.17, 15) is 0 Å². The molecule has 0 aromatic carbocycles. The molecule has 1 atom stereocenters. The van der Waals surface area contributed by atoms with E-state index in [1.165, 1.54) is 12.8 Å². The Hall–Kier alpha value is -0.160. The lowest BCUT2D eigenvalue weighted by Crippen LogP contribution is -2.47. The van der Waals surface area contributed by atoms with Crippen LogP contribution in [0.15, 0.2) is 0 Å². The fourth-order valence-corrected chi connectivity index (χ4v) is 1.84. The Morgan fingerprint density at radius 3 is 2.64 bits per heavy atom. The lowest BCUT2D eigenvalue weighted by molar-refractivity contribution is -0.118. The molecule has 1 unspecified atom stereocenters. The van der Waals surface area contributed by atoms with Gasteiger partial charge in [0, 0.05) is 33.4 Å². The fourth-order valence-electron chi connectivity index (χ4n) is 1.84. The van der Waals surface area contributed by atoms with Crippen LogP contribution in [-0.2, 0) is 9.47 Å². The van der Waals surface area contributed by atoms with Crippen LogP contribution >= 0.6 is 0 Å². The summed E-state index contributed by atoms with van der Waals surface area (Å²) in [6, 6.07) is 0.622. The SMILES string of the molecule is COC(CN(C)C1CCCNC1)OC. The largest absolute Gasteiger partial charge is 0.355 e. The Labute approximate surface area is 86.6 Å². The number of ether oxygens (including phenoxy) is 2. The molecule has 0 bridgehead atoms. The standard InChI is InChI=1S/C10H22N2O2/c1-12(8-10(13-2)14-3)9-5-4-6-11-7-9/h9-11H,4-8H2,1-3H3. The first-order valence-corrected chi connectivity index (χ1v) is 5.24. The minimum atomic E-state index is -0.109. The Morgan fingerprint density at radius 1 is 1.43 bits per heavy atom. The van der Waals surface area contributed by atoms with Crippen molar-refractivity contribution in [2.45, 2.75) is 25.2 Å². The molecule has 84 valence electrons. The second-order valence-electron chi connectivity index (χ2n) is 3.84. The third-order valence-electron chi connectivity index (χ3n) is 2.86. The van der Waals surface area contributed by atoms with Crippen molar-refractivity contribution in [3.8, 4) is 0 Å². The number of nitrogens with one attached hydrogen (secondary N) is 1.